The first-order valence-electron chi connectivity index (χ1n) is 10.3. The van der Waals surface area contributed by atoms with Crippen LogP contribution in [-0.2, 0) is 9.53 Å². The van der Waals surface area contributed by atoms with E-state index in [1.54, 1.807) is 18.2 Å². The second-order valence-electron chi connectivity index (χ2n) is 7.03. The van der Waals surface area contributed by atoms with E-state index in [2.05, 4.69) is 15.4 Å². The molecule has 0 saturated carbocycles. The molecular weight excluding hydrogens is 436 g/mol. The Balaban J connectivity index is 1.47. The number of aromatic nitrogens is 3. The molecule has 0 aliphatic heterocycles. The second-order valence-corrected chi connectivity index (χ2v) is 7.03. The molecule has 9 nitrogen and oxygen atoms in total. The molecule has 0 fully saturated rings. The van der Waals surface area contributed by atoms with Crippen LogP contribution in [0.4, 0.5) is 0 Å². The molecule has 0 atom stereocenters. The maximum Gasteiger partial charge on any atom is 0.378 e. The first-order chi connectivity index (χ1) is 16.6. The first-order valence-corrected chi connectivity index (χ1v) is 10.3. The predicted octanol–water partition coefficient (Wildman–Crippen LogP) is 3.06. The van der Waals surface area contributed by atoms with Crippen LogP contribution >= 0.6 is 0 Å². The number of hydrogen-bond donors (Lipinski definition) is 1. The molecule has 0 aliphatic rings. The molecule has 0 saturated heterocycles. The normalized spacial score (nSPS) is 10.4. The highest BCUT2D eigenvalue weighted by Gasteiger charge is 2.22. The van der Waals surface area contributed by atoms with Crippen LogP contribution in [-0.4, -0.2) is 46.3 Å². The molecule has 0 aliphatic carbocycles. The van der Waals surface area contributed by atoms with Gasteiger partial charge in [0.15, 0.2) is 12.4 Å². The van der Waals surface area contributed by atoms with Crippen LogP contribution in [0.2, 0.25) is 0 Å². The minimum absolute atomic E-state index is 0.181. The van der Waals surface area contributed by atoms with E-state index in [0.29, 0.717) is 17.3 Å². The number of carbonyl (C=O) groups excluding carboxylic acids is 3. The highest BCUT2D eigenvalue weighted by molar-refractivity contribution is 6.06. The van der Waals surface area contributed by atoms with Crippen LogP contribution < -0.4 is 10.1 Å². The molecule has 4 aromatic rings. The Kier molecular flexibility index (Phi) is 6.73. The number of methoxy groups -OCH3 is 1. The summed E-state index contributed by atoms with van der Waals surface area (Å²) in [6, 6.07) is 24.9. The van der Waals surface area contributed by atoms with Crippen molar-refractivity contribution >= 4 is 17.8 Å². The van der Waals surface area contributed by atoms with E-state index in [9.17, 15) is 14.4 Å². The van der Waals surface area contributed by atoms with Gasteiger partial charge in [0.25, 0.3) is 17.6 Å². The van der Waals surface area contributed by atoms with Crippen LogP contribution in [0.3, 0.4) is 0 Å². The summed E-state index contributed by atoms with van der Waals surface area (Å²) in [5, 5.41) is 6.45. The summed E-state index contributed by atoms with van der Waals surface area (Å²) in [6.07, 6.45) is 0. The lowest BCUT2D eigenvalue weighted by molar-refractivity contribution is -0.123. The van der Waals surface area contributed by atoms with Crippen molar-refractivity contribution in [2.75, 3.05) is 13.7 Å². The lowest BCUT2D eigenvalue weighted by Crippen LogP contribution is -2.34. The average molecular weight is 456 g/mol. The standard InChI is InChI=1S/C25H20N4O5/c1-33-20-15-9-8-14-19(20)24(31)26-21(30)16-34-25(32)22-27-23(17-10-4-2-5-11-17)29(28-22)18-12-6-3-7-13-18/h2-15H,16H2,1H3,(H,26,30,31). The molecular formula is C25H20N4O5. The van der Waals surface area contributed by atoms with E-state index in [-0.39, 0.29) is 11.4 Å². The van der Waals surface area contributed by atoms with E-state index >= 15 is 0 Å². The van der Waals surface area contributed by atoms with Gasteiger partial charge in [0.05, 0.1) is 18.4 Å². The summed E-state index contributed by atoms with van der Waals surface area (Å²) >= 11 is 0. The first kappa shape index (κ1) is 22.4. The number of rotatable bonds is 7. The third-order valence-electron chi connectivity index (χ3n) is 4.76. The Labute approximate surface area is 195 Å². The maximum atomic E-state index is 12.6. The number of nitrogens with one attached hydrogen (secondary N) is 1. The van der Waals surface area contributed by atoms with Gasteiger partial charge < -0.3 is 9.47 Å². The van der Waals surface area contributed by atoms with E-state index in [1.807, 2.05) is 60.7 Å². The van der Waals surface area contributed by atoms with E-state index in [0.717, 1.165) is 5.56 Å². The fourth-order valence-electron chi connectivity index (χ4n) is 3.18. The Bertz CT molecular complexity index is 1260. The smallest absolute Gasteiger partial charge is 0.378 e. The van der Waals surface area contributed by atoms with Crippen molar-refractivity contribution in [3.8, 4) is 22.8 Å². The number of nitrogens with zero attached hydrogens (tertiary/aromatic N) is 3. The molecule has 34 heavy (non-hydrogen) atoms. The quantitative estimate of drug-likeness (QED) is 0.425. The minimum Gasteiger partial charge on any atom is -0.496 e. The summed E-state index contributed by atoms with van der Waals surface area (Å²) in [7, 11) is 1.42. The van der Waals surface area contributed by atoms with Crippen LogP contribution in [0.5, 0.6) is 5.75 Å². The van der Waals surface area contributed by atoms with Crippen LogP contribution in [0, 0.1) is 0 Å². The third-order valence-corrected chi connectivity index (χ3v) is 4.76. The third kappa shape index (κ3) is 4.99. The van der Waals surface area contributed by atoms with Gasteiger partial charge in [-0.05, 0) is 24.3 Å². The summed E-state index contributed by atoms with van der Waals surface area (Å²) in [5.74, 6) is -1.83. The monoisotopic (exact) mass is 456 g/mol. The van der Waals surface area contributed by atoms with Gasteiger partial charge in [-0.3, -0.25) is 14.9 Å². The Morgan fingerprint density at radius 3 is 2.24 bits per heavy atom. The average Bonchev–Trinajstić information content (AvgIpc) is 3.34. The van der Waals surface area contributed by atoms with E-state index in [1.165, 1.54) is 17.9 Å². The van der Waals surface area contributed by atoms with Gasteiger partial charge in [0.2, 0.25) is 0 Å². The number of imide groups is 1. The molecule has 3 aromatic carbocycles. The van der Waals surface area contributed by atoms with E-state index in [4.69, 9.17) is 9.47 Å². The summed E-state index contributed by atoms with van der Waals surface area (Å²) in [5.41, 5.74) is 1.63. The van der Waals surface area contributed by atoms with Gasteiger partial charge in [0, 0.05) is 5.56 Å². The van der Waals surface area contributed by atoms with Crippen LogP contribution in [0.15, 0.2) is 84.9 Å². The van der Waals surface area contributed by atoms with Gasteiger partial charge >= 0.3 is 5.97 Å². The molecule has 1 N–H and O–H groups in total. The zero-order valence-corrected chi connectivity index (χ0v) is 18.2. The molecule has 9 heteroatoms. The van der Waals surface area contributed by atoms with Crippen LogP contribution in [0.1, 0.15) is 21.0 Å². The molecule has 0 radical (unpaired) electrons. The van der Waals surface area contributed by atoms with E-state index < -0.39 is 24.4 Å². The Hall–Kier alpha value is -4.79. The molecule has 1 heterocycles. The van der Waals surface area contributed by atoms with Gasteiger partial charge in [-0.15, -0.1) is 5.10 Å². The number of esters is 1. The zero-order chi connectivity index (χ0) is 23.9. The molecule has 0 bridgehead atoms. The highest BCUT2D eigenvalue weighted by Crippen LogP contribution is 2.21. The van der Waals surface area contributed by atoms with Gasteiger partial charge in [-0.1, -0.05) is 60.7 Å². The molecule has 0 spiro atoms. The fraction of sp³-hybridized carbons (Fsp3) is 0.0800. The number of benzene rings is 3. The lowest BCUT2D eigenvalue weighted by atomic mass is 10.2. The number of hydrogen-bond acceptors (Lipinski definition) is 7. The van der Waals surface area contributed by atoms with Crippen LogP contribution in [0.25, 0.3) is 17.1 Å². The largest absolute Gasteiger partial charge is 0.496 e. The van der Waals surface area contributed by atoms with Crippen molar-refractivity contribution in [3.63, 3.8) is 0 Å². The van der Waals surface area contributed by atoms with Crippen molar-refractivity contribution in [2.45, 2.75) is 0 Å². The summed E-state index contributed by atoms with van der Waals surface area (Å²) < 4.78 is 11.7. The summed E-state index contributed by atoms with van der Waals surface area (Å²) in [6.45, 7) is -0.680. The number of amides is 2. The maximum absolute atomic E-state index is 12.6. The number of para-hydroxylation sites is 2. The fourth-order valence-corrected chi connectivity index (χ4v) is 3.18. The Morgan fingerprint density at radius 2 is 1.53 bits per heavy atom. The number of carbonyl (C=O) groups is 3. The number of ether oxygens (including phenoxy) is 2. The molecule has 1 aromatic heterocycles. The molecule has 2 amide bonds. The topological polar surface area (TPSA) is 112 Å². The zero-order valence-electron chi connectivity index (χ0n) is 18.2. The summed E-state index contributed by atoms with van der Waals surface area (Å²) in [4.78, 5) is 41.4. The van der Waals surface area contributed by atoms with Crippen molar-refractivity contribution in [1.29, 1.82) is 0 Å². The molecule has 4 rings (SSSR count). The highest BCUT2D eigenvalue weighted by atomic mass is 16.5. The predicted molar refractivity (Wildman–Crippen MR) is 123 cm³/mol. The van der Waals surface area contributed by atoms with Crippen molar-refractivity contribution in [2.24, 2.45) is 0 Å². The van der Waals surface area contributed by atoms with Crippen molar-refractivity contribution < 1.29 is 23.9 Å². The molecule has 170 valence electrons. The minimum atomic E-state index is -0.897. The van der Waals surface area contributed by atoms with Crippen molar-refractivity contribution in [3.05, 3.63) is 96.3 Å². The van der Waals surface area contributed by atoms with Crippen molar-refractivity contribution in [1.82, 2.24) is 20.1 Å². The lowest BCUT2D eigenvalue weighted by Gasteiger charge is -2.08. The second kappa shape index (κ2) is 10.2. The van der Waals surface area contributed by atoms with Gasteiger partial charge in [0.1, 0.15) is 5.75 Å². The SMILES string of the molecule is COc1ccccc1C(=O)NC(=O)COC(=O)c1nc(-c2ccccc2)n(-c2ccccc2)n1. The van der Waals surface area contributed by atoms with Gasteiger partial charge in [-0.2, -0.15) is 0 Å². The van der Waals surface area contributed by atoms with Gasteiger partial charge in [-0.25, -0.2) is 14.5 Å². The Morgan fingerprint density at radius 1 is 0.882 bits per heavy atom. The molecule has 0 unspecified atom stereocenters.